The fourth-order valence-corrected chi connectivity index (χ4v) is 3.39. The molecule has 0 aliphatic carbocycles. The van der Waals surface area contributed by atoms with Crippen LogP contribution in [-0.4, -0.2) is 19.2 Å². The molecule has 9 heteroatoms. The van der Waals surface area contributed by atoms with Crippen molar-refractivity contribution in [1.29, 1.82) is 0 Å². The third-order valence-electron chi connectivity index (χ3n) is 5.08. The van der Waals surface area contributed by atoms with Gasteiger partial charge in [-0.3, -0.25) is 4.79 Å². The first-order valence-electron chi connectivity index (χ1n) is 11.1. The van der Waals surface area contributed by atoms with Gasteiger partial charge in [-0.05, 0) is 41.8 Å². The monoisotopic (exact) mass is 498 g/mol. The average Bonchev–Trinajstić information content (AvgIpc) is 2.88. The lowest BCUT2D eigenvalue weighted by molar-refractivity contribution is -0.154. The van der Waals surface area contributed by atoms with Gasteiger partial charge < -0.3 is 18.6 Å². The van der Waals surface area contributed by atoms with E-state index in [1.54, 1.807) is 12.1 Å². The van der Waals surface area contributed by atoms with Crippen molar-refractivity contribution < 1.29 is 36.6 Å². The predicted octanol–water partition coefficient (Wildman–Crippen LogP) is 6.60. The summed E-state index contributed by atoms with van der Waals surface area (Å²) in [5.74, 6) is -3.10. The normalized spacial score (nSPS) is 11.3. The second-order valence-electron chi connectivity index (χ2n) is 7.75. The van der Waals surface area contributed by atoms with E-state index in [9.17, 15) is 22.8 Å². The molecule has 0 atom stereocenters. The number of alkyl halides is 3. The van der Waals surface area contributed by atoms with Crippen molar-refractivity contribution >= 4 is 16.9 Å². The molecule has 0 bridgehead atoms. The van der Waals surface area contributed by atoms with Crippen LogP contribution in [0.2, 0.25) is 0 Å². The first kappa shape index (κ1) is 24.8. The second kappa shape index (κ2) is 10.6. The van der Waals surface area contributed by atoms with Gasteiger partial charge in [-0.15, -0.1) is 0 Å². The molecule has 3 aromatic carbocycles. The molecule has 0 saturated carbocycles. The van der Waals surface area contributed by atoms with Crippen molar-refractivity contribution in [2.45, 2.75) is 19.5 Å². The van der Waals surface area contributed by atoms with Gasteiger partial charge in [0.15, 0.2) is 6.61 Å². The number of fused-ring (bicyclic) bond motifs is 1. The fourth-order valence-electron chi connectivity index (χ4n) is 3.39. The summed E-state index contributed by atoms with van der Waals surface area (Å²) in [5.41, 5.74) is 0.390. The van der Waals surface area contributed by atoms with Crippen LogP contribution in [-0.2, 0) is 15.7 Å². The van der Waals surface area contributed by atoms with Crippen LogP contribution in [0.25, 0.3) is 22.1 Å². The van der Waals surface area contributed by atoms with Crippen LogP contribution in [0.15, 0.2) is 82.0 Å². The Morgan fingerprint density at radius 2 is 1.58 bits per heavy atom. The van der Waals surface area contributed by atoms with Crippen LogP contribution in [0.3, 0.4) is 0 Å². The number of hydrogen-bond donors (Lipinski definition) is 0. The smallest absolute Gasteiger partial charge is 0.453 e. The molecular formula is C27H21F3O6. The van der Waals surface area contributed by atoms with E-state index in [4.69, 9.17) is 18.6 Å². The number of hydrogen-bond acceptors (Lipinski definition) is 6. The maximum absolute atomic E-state index is 13.8. The topological polar surface area (TPSA) is 75.0 Å². The zero-order valence-electron chi connectivity index (χ0n) is 19.1. The van der Waals surface area contributed by atoms with Gasteiger partial charge in [-0.2, -0.15) is 13.2 Å². The Kier molecular flexibility index (Phi) is 7.28. The van der Waals surface area contributed by atoms with E-state index >= 15 is 0 Å². The van der Waals surface area contributed by atoms with Gasteiger partial charge in [0.25, 0.3) is 5.76 Å². The zero-order valence-corrected chi connectivity index (χ0v) is 19.1. The zero-order chi connectivity index (χ0) is 25.7. The molecule has 0 saturated heterocycles. The molecule has 0 unspecified atom stereocenters. The lowest BCUT2D eigenvalue weighted by Gasteiger charge is -2.14. The Hall–Kier alpha value is -4.27. The Labute approximate surface area is 203 Å². The fraction of sp³-hybridized carbons (Fsp3) is 0.185. The molecule has 4 rings (SSSR count). The highest BCUT2D eigenvalue weighted by Crippen LogP contribution is 2.39. The van der Waals surface area contributed by atoms with Crippen molar-refractivity contribution in [2.75, 3.05) is 13.2 Å². The van der Waals surface area contributed by atoms with Crippen LogP contribution in [0, 0.1) is 0 Å². The Balaban J connectivity index is 1.64. The van der Waals surface area contributed by atoms with Crippen LogP contribution in [0.1, 0.15) is 19.1 Å². The van der Waals surface area contributed by atoms with Gasteiger partial charge in [-0.1, -0.05) is 49.4 Å². The molecule has 0 radical (unpaired) electrons. The minimum Gasteiger partial charge on any atom is -0.482 e. The molecule has 4 aromatic rings. The summed E-state index contributed by atoms with van der Waals surface area (Å²) in [6, 6.07) is 19.4. The van der Waals surface area contributed by atoms with Crippen molar-refractivity contribution in [1.82, 2.24) is 0 Å². The molecular weight excluding hydrogens is 477 g/mol. The van der Waals surface area contributed by atoms with Crippen molar-refractivity contribution in [3.8, 4) is 28.4 Å². The van der Waals surface area contributed by atoms with E-state index in [1.807, 2.05) is 37.3 Å². The molecule has 36 heavy (non-hydrogen) atoms. The Morgan fingerprint density at radius 1 is 0.917 bits per heavy atom. The van der Waals surface area contributed by atoms with E-state index in [-0.39, 0.29) is 29.1 Å². The third-order valence-corrected chi connectivity index (χ3v) is 5.08. The summed E-state index contributed by atoms with van der Waals surface area (Å²) in [6.07, 6.45) is -4.37. The molecule has 6 nitrogen and oxygen atoms in total. The minimum atomic E-state index is -5.01. The van der Waals surface area contributed by atoms with Gasteiger partial charge in [0.1, 0.15) is 17.1 Å². The number of carbonyl (C=O) groups excluding carboxylic acids is 1. The first-order chi connectivity index (χ1) is 17.3. The van der Waals surface area contributed by atoms with Crippen LogP contribution in [0.4, 0.5) is 13.2 Å². The molecule has 0 N–H and O–H groups in total. The van der Waals surface area contributed by atoms with Gasteiger partial charge in [0, 0.05) is 6.07 Å². The van der Waals surface area contributed by atoms with E-state index in [0.717, 1.165) is 17.2 Å². The van der Waals surface area contributed by atoms with E-state index in [0.29, 0.717) is 6.42 Å². The highest BCUT2D eigenvalue weighted by molar-refractivity contribution is 5.80. The number of carbonyl (C=O) groups is 1. The lowest BCUT2D eigenvalue weighted by atomic mass is 10.1. The van der Waals surface area contributed by atoms with Crippen molar-refractivity contribution in [3.05, 3.63) is 88.8 Å². The third kappa shape index (κ3) is 5.68. The molecule has 0 aliphatic rings. The van der Waals surface area contributed by atoms with Crippen molar-refractivity contribution in [2.24, 2.45) is 0 Å². The van der Waals surface area contributed by atoms with E-state index in [1.165, 1.54) is 24.3 Å². The summed E-state index contributed by atoms with van der Waals surface area (Å²) < 4.78 is 62.0. The minimum absolute atomic E-state index is 0.0392. The van der Waals surface area contributed by atoms with Crippen LogP contribution < -0.4 is 14.9 Å². The molecule has 0 aliphatic heterocycles. The number of ether oxygens (including phenoxy) is 3. The number of benzene rings is 3. The predicted molar refractivity (Wildman–Crippen MR) is 126 cm³/mol. The Bertz CT molecular complexity index is 1410. The summed E-state index contributed by atoms with van der Waals surface area (Å²) >= 11 is 0. The summed E-state index contributed by atoms with van der Waals surface area (Å²) in [4.78, 5) is 24.6. The highest BCUT2D eigenvalue weighted by Gasteiger charge is 2.40. The molecule has 1 heterocycles. The number of rotatable bonds is 8. The van der Waals surface area contributed by atoms with Crippen LogP contribution in [0.5, 0.6) is 17.2 Å². The number of esters is 1. The quantitative estimate of drug-likeness (QED) is 0.255. The molecule has 0 fully saturated rings. The van der Waals surface area contributed by atoms with E-state index < -0.39 is 35.7 Å². The van der Waals surface area contributed by atoms with Gasteiger partial charge in [-0.25, -0.2) is 4.79 Å². The summed E-state index contributed by atoms with van der Waals surface area (Å²) in [7, 11) is 0. The van der Waals surface area contributed by atoms with E-state index in [2.05, 4.69) is 0 Å². The van der Waals surface area contributed by atoms with Crippen molar-refractivity contribution in [3.63, 3.8) is 0 Å². The molecule has 0 spiro atoms. The SMILES string of the molecule is CCCOC(=O)COc1ccc2c(=O)c(Oc3ccc(-c4ccccc4)cc3)c(C(F)(F)F)oc2c1. The molecule has 1 aromatic heterocycles. The summed E-state index contributed by atoms with van der Waals surface area (Å²) in [6.45, 7) is 1.61. The summed E-state index contributed by atoms with van der Waals surface area (Å²) in [5, 5.41) is -0.139. The van der Waals surface area contributed by atoms with Gasteiger partial charge in [0.05, 0.1) is 12.0 Å². The first-order valence-corrected chi connectivity index (χ1v) is 11.1. The lowest BCUT2D eigenvalue weighted by Crippen LogP contribution is -2.16. The highest BCUT2D eigenvalue weighted by atomic mass is 19.4. The van der Waals surface area contributed by atoms with Crippen LogP contribution >= 0.6 is 0 Å². The maximum atomic E-state index is 13.8. The maximum Gasteiger partial charge on any atom is 0.453 e. The standard InChI is InChI=1S/C27H21F3O6/c1-2-14-33-23(31)16-34-20-12-13-21-22(15-20)36-26(27(28,29)30)25(24(21)32)35-19-10-8-18(9-11-19)17-6-4-3-5-7-17/h3-13,15H,2,14,16H2,1H3. The second-order valence-corrected chi connectivity index (χ2v) is 7.75. The number of halogens is 3. The molecule has 186 valence electrons. The largest absolute Gasteiger partial charge is 0.482 e. The average molecular weight is 498 g/mol. The Morgan fingerprint density at radius 3 is 2.25 bits per heavy atom. The molecule has 0 amide bonds. The van der Waals surface area contributed by atoms with Gasteiger partial charge in [0.2, 0.25) is 11.2 Å². The van der Waals surface area contributed by atoms with Gasteiger partial charge >= 0.3 is 12.1 Å².